The first kappa shape index (κ1) is 11.4. The summed E-state index contributed by atoms with van der Waals surface area (Å²) in [6, 6.07) is 9.50. The van der Waals surface area contributed by atoms with Gasteiger partial charge in [-0.25, -0.2) is 0 Å². The van der Waals surface area contributed by atoms with Gasteiger partial charge in [-0.15, -0.1) is 0 Å². The summed E-state index contributed by atoms with van der Waals surface area (Å²) in [5.74, 6) is 0.787. The number of alkyl halides is 3. The molecule has 0 aliphatic heterocycles. The van der Waals surface area contributed by atoms with Crippen molar-refractivity contribution in [2.45, 2.75) is 18.3 Å². The molecule has 0 saturated carbocycles. The maximum Gasteiger partial charge on any atom is 0.389 e. The van der Waals surface area contributed by atoms with Crippen molar-refractivity contribution in [2.24, 2.45) is 0 Å². The van der Waals surface area contributed by atoms with Crippen LogP contribution in [-0.4, -0.2) is 11.9 Å². The van der Waals surface area contributed by atoms with Crippen LogP contribution in [0.5, 0.6) is 0 Å². The molecule has 0 aromatic heterocycles. The number of rotatable bonds is 4. The standard InChI is InChI=1S/C10H11F3S/c11-10(12,13)6-7-14-8-9-4-2-1-3-5-9/h1-5H,6-8H2. The average molecular weight is 220 g/mol. The van der Waals surface area contributed by atoms with E-state index in [0.717, 1.165) is 5.56 Å². The van der Waals surface area contributed by atoms with Gasteiger partial charge in [0.15, 0.2) is 0 Å². The van der Waals surface area contributed by atoms with Crippen LogP contribution in [0.1, 0.15) is 12.0 Å². The molecule has 0 N–H and O–H groups in total. The van der Waals surface area contributed by atoms with Gasteiger partial charge in [0, 0.05) is 11.5 Å². The van der Waals surface area contributed by atoms with Crippen LogP contribution in [0.3, 0.4) is 0 Å². The van der Waals surface area contributed by atoms with Gasteiger partial charge in [-0.2, -0.15) is 24.9 Å². The molecule has 1 rings (SSSR count). The summed E-state index contributed by atoms with van der Waals surface area (Å²) >= 11 is 1.31. The lowest BCUT2D eigenvalue weighted by atomic mass is 10.2. The Morgan fingerprint density at radius 2 is 1.71 bits per heavy atom. The Bertz CT molecular complexity index is 256. The first-order valence-corrected chi connectivity index (χ1v) is 5.42. The molecular formula is C10H11F3S. The van der Waals surface area contributed by atoms with Crippen molar-refractivity contribution in [3.63, 3.8) is 0 Å². The molecule has 0 fully saturated rings. The normalized spacial score (nSPS) is 11.6. The molecule has 1 aromatic rings. The van der Waals surface area contributed by atoms with Gasteiger partial charge in [-0.05, 0) is 5.56 Å². The van der Waals surface area contributed by atoms with Crippen LogP contribution in [0.25, 0.3) is 0 Å². The van der Waals surface area contributed by atoms with E-state index in [4.69, 9.17) is 0 Å². The van der Waals surface area contributed by atoms with Crippen LogP contribution in [0.4, 0.5) is 13.2 Å². The average Bonchev–Trinajstić information content (AvgIpc) is 2.13. The first-order valence-electron chi connectivity index (χ1n) is 4.26. The molecule has 78 valence electrons. The highest BCUT2D eigenvalue weighted by Gasteiger charge is 2.25. The van der Waals surface area contributed by atoms with Crippen molar-refractivity contribution in [1.82, 2.24) is 0 Å². The largest absolute Gasteiger partial charge is 0.389 e. The number of hydrogen-bond donors (Lipinski definition) is 0. The lowest BCUT2D eigenvalue weighted by molar-refractivity contribution is -0.129. The smallest absolute Gasteiger partial charge is 0.171 e. The van der Waals surface area contributed by atoms with Crippen LogP contribution < -0.4 is 0 Å². The van der Waals surface area contributed by atoms with Crippen molar-refractivity contribution >= 4 is 11.8 Å². The van der Waals surface area contributed by atoms with Gasteiger partial charge in [0.2, 0.25) is 0 Å². The molecule has 0 nitrogen and oxygen atoms in total. The molecule has 4 heteroatoms. The summed E-state index contributed by atoms with van der Waals surface area (Å²) in [4.78, 5) is 0. The molecule has 0 radical (unpaired) electrons. The summed E-state index contributed by atoms with van der Waals surface area (Å²) < 4.78 is 35.3. The van der Waals surface area contributed by atoms with E-state index in [1.807, 2.05) is 30.3 Å². The fourth-order valence-electron chi connectivity index (χ4n) is 0.952. The minimum absolute atomic E-state index is 0.137. The van der Waals surface area contributed by atoms with Crippen molar-refractivity contribution in [3.8, 4) is 0 Å². The quantitative estimate of drug-likeness (QED) is 0.694. The van der Waals surface area contributed by atoms with Gasteiger partial charge in [0.05, 0.1) is 6.42 Å². The van der Waals surface area contributed by atoms with E-state index in [0.29, 0.717) is 5.75 Å². The number of thioether (sulfide) groups is 1. The van der Waals surface area contributed by atoms with E-state index in [1.54, 1.807) is 0 Å². The Balaban J connectivity index is 2.17. The minimum atomic E-state index is -4.02. The lowest BCUT2D eigenvalue weighted by Gasteiger charge is -2.05. The number of halogens is 3. The SMILES string of the molecule is FC(F)(F)CCSCc1ccccc1. The van der Waals surface area contributed by atoms with Gasteiger partial charge in [0.25, 0.3) is 0 Å². The summed E-state index contributed by atoms with van der Waals surface area (Å²) in [7, 11) is 0. The van der Waals surface area contributed by atoms with Crippen LogP contribution in [0.15, 0.2) is 30.3 Å². The molecule has 0 unspecified atom stereocenters. The van der Waals surface area contributed by atoms with E-state index < -0.39 is 12.6 Å². The predicted octanol–water partition coefficient (Wildman–Crippen LogP) is 3.87. The van der Waals surface area contributed by atoms with Crippen molar-refractivity contribution in [3.05, 3.63) is 35.9 Å². The highest BCUT2D eigenvalue weighted by Crippen LogP contribution is 2.23. The van der Waals surface area contributed by atoms with E-state index >= 15 is 0 Å². The highest BCUT2D eigenvalue weighted by atomic mass is 32.2. The van der Waals surface area contributed by atoms with Crippen molar-refractivity contribution in [1.29, 1.82) is 0 Å². The Kier molecular flexibility index (Phi) is 4.32. The third kappa shape index (κ3) is 5.17. The van der Waals surface area contributed by atoms with Gasteiger partial charge in [-0.3, -0.25) is 0 Å². The number of benzene rings is 1. The van der Waals surface area contributed by atoms with Crippen LogP contribution in [0, 0.1) is 0 Å². The maximum atomic E-state index is 11.8. The van der Waals surface area contributed by atoms with Gasteiger partial charge < -0.3 is 0 Å². The first-order chi connectivity index (χ1) is 6.58. The topological polar surface area (TPSA) is 0 Å². The maximum absolute atomic E-state index is 11.8. The van der Waals surface area contributed by atoms with E-state index in [2.05, 4.69) is 0 Å². The van der Waals surface area contributed by atoms with Crippen LogP contribution >= 0.6 is 11.8 Å². The summed E-state index contributed by atoms with van der Waals surface area (Å²) in [5.41, 5.74) is 1.07. The molecule has 0 amide bonds. The molecule has 0 aliphatic carbocycles. The minimum Gasteiger partial charge on any atom is -0.171 e. The Labute approximate surface area is 85.5 Å². The molecule has 0 atom stereocenters. The molecule has 0 bridgehead atoms. The molecule has 0 heterocycles. The summed E-state index contributed by atoms with van der Waals surface area (Å²) in [5, 5.41) is 0. The highest BCUT2D eigenvalue weighted by molar-refractivity contribution is 7.98. The lowest BCUT2D eigenvalue weighted by Crippen LogP contribution is -2.08. The zero-order chi connectivity index (χ0) is 10.4. The second-order valence-electron chi connectivity index (χ2n) is 2.90. The Hall–Kier alpha value is -0.640. The zero-order valence-electron chi connectivity index (χ0n) is 7.55. The molecule has 0 saturated heterocycles. The monoisotopic (exact) mass is 220 g/mol. The van der Waals surface area contributed by atoms with Crippen LogP contribution in [-0.2, 0) is 5.75 Å². The van der Waals surface area contributed by atoms with Gasteiger partial charge in [-0.1, -0.05) is 30.3 Å². The zero-order valence-corrected chi connectivity index (χ0v) is 8.37. The van der Waals surface area contributed by atoms with Crippen LogP contribution in [0.2, 0.25) is 0 Å². The summed E-state index contributed by atoms with van der Waals surface area (Å²) in [6.45, 7) is 0. The summed E-state index contributed by atoms with van der Waals surface area (Å²) in [6.07, 6.45) is -4.73. The van der Waals surface area contributed by atoms with E-state index in [9.17, 15) is 13.2 Å². The molecule has 14 heavy (non-hydrogen) atoms. The van der Waals surface area contributed by atoms with Crippen molar-refractivity contribution < 1.29 is 13.2 Å². The second kappa shape index (κ2) is 5.29. The van der Waals surface area contributed by atoms with Gasteiger partial charge >= 0.3 is 6.18 Å². The molecule has 1 aromatic carbocycles. The van der Waals surface area contributed by atoms with Crippen molar-refractivity contribution in [2.75, 3.05) is 5.75 Å². The molecular weight excluding hydrogens is 209 g/mol. The third-order valence-electron chi connectivity index (χ3n) is 1.64. The fourth-order valence-corrected chi connectivity index (χ4v) is 1.90. The Morgan fingerprint density at radius 1 is 1.07 bits per heavy atom. The predicted molar refractivity (Wildman–Crippen MR) is 53.3 cm³/mol. The van der Waals surface area contributed by atoms with Gasteiger partial charge in [0.1, 0.15) is 0 Å². The number of hydrogen-bond acceptors (Lipinski definition) is 1. The Morgan fingerprint density at radius 3 is 2.29 bits per heavy atom. The second-order valence-corrected chi connectivity index (χ2v) is 4.01. The third-order valence-corrected chi connectivity index (χ3v) is 2.67. The molecule has 0 spiro atoms. The van der Waals surface area contributed by atoms with E-state index in [-0.39, 0.29) is 5.75 Å². The fraction of sp³-hybridized carbons (Fsp3) is 0.400. The molecule has 0 aliphatic rings. The van der Waals surface area contributed by atoms with E-state index in [1.165, 1.54) is 11.8 Å².